The molecule has 0 fully saturated rings. The fraction of sp³-hybridized carbons (Fsp3) is 0.318. The molecule has 166 valence electrons. The summed E-state index contributed by atoms with van der Waals surface area (Å²) in [6.07, 6.45) is 2.49. The van der Waals surface area contributed by atoms with Gasteiger partial charge in [-0.3, -0.25) is 4.79 Å². The maximum Gasteiger partial charge on any atom is 0.219 e. The highest BCUT2D eigenvalue weighted by atomic mass is 16.6. The van der Waals surface area contributed by atoms with E-state index in [1.165, 1.54) is 7.11 Å². The minimum absolute atomic E-state index is 0.0171. The molecule has 1 aromatic carbocycles. The quantitative estimate of drug-likeness (QED) is 0.610. The van der Waals surface area contributed by atoms with E-state index in [1.54, 1.807) is 26.5 Å². The molecule has 32 heavy (non-hydrogen) atoms. The number of fused-ring (bicyclic) bond motifs is 1. The van der Waals surface area contributed by atoms with Crippen LogP contribution in [-0.2, 0) is 4.79 Å². The van der Waals surface area contributed by atoms with Crippen LogP contribution in [0.3, 0.4) is 0 Å². The number of nitrogens with zero attached hydrogens (tertiary/aromatic N) is 2. The molecule has 5 rings (SSSR count). The summed E-state index contributed by atoms with van der Waals surface area (Å²) in [6.45, 7) is 0. The lowest BCUT2D eigenvalue weighted by atomic mass is 9.80. The van der Waals surface area contributed by atoms with Gasteiger partial charge >= 0.3 is 0 Å². The second-order valence-electron chi connectivity index (χ2n) is 7.52. The molecule has 0 unspecified atom stereocenters. The average molecular weight is 438 g/mol. The highest BCUT2D eigenvalue weighted by Crippen LogP contribution is 2.48. The highest BCUT2D eigenvalue weighted by molar-refractivity contribution is 6.01. The van der Waals surface area contributed by atoms with Gasteiger partial charge in [0.05, 0.1) is 33.6 Å². The van der Waals surface area contributed by atoms with Gasteiger partial charge in [-0.2, -0.15) is 0 Å². The average Bonchev–Trinajstić information content (AvgIpc) is 3.47. The summed E-state index contributed by atoms with van der Waals surface area (Å²) in [5.74, 6) is 2.87. The Kier molecular flexibility index (Phi) is 4.96. The number of benzene rings is 1. The highest BCUT2D eigenvalue weighted by Gasteiger charge is 2.39. The minimum atomic E-state index is -0.578. The molecule has 2 aliphatic rings. The summed E-state index contributed by atoms with van der Waals surface area (Å²) in [5.41, 5.74) is 2.00. The zero-order valence-electron chi connectivity index (χ0n) is 17.8. The van der Waals surface area contributed by atoms with Crippen molar-refractivity contribution in [2.45, 2.75) is 24.8 Å². The second kappa shape index (κ2) is 7.95. The zero-order valence-corrected chi connectivity index (χ0v) is 17.8. The number of rotatable bonds is 5. The minimum Gasteiger partial charge on any atom is -0.493 e. The lowest BCUT2D eigenvalue weighted by molar-refractivity contribution is -0.116. The van der Waals surface area contributed by atoms with Crippen LogP contribution in [0.5, 0.6) is 17.2 Å². The van der Waals surface area contributed by atoms with E-state index in [9.17, 15) is 4.79 Å². The lowest BCUT2D eigenvalue weighted by Crippen LogP contribution is -2.27. The van der Waals surface area contributed by atoms with Gasteiger partial charge in [0.25, 0.3) is 0 Å². The SMILES string of the molecule is COc1ccc([C@@H]2Nc3nonc3NC3=C2C(=O)C[C@@H](c2ccco2)C3)c(OC)c1OC. The Hall–Kier alpha value is -3.95. The third kappa shape index (κ3) is 3.15. The van der Waals surface area contributed by atoms with E-state index in [0.29, 0.717) is 52.9 Å². The number of Topliss-reactive ketones (excluding diaryl/α,β-unsaturated/α-hetero) is 1. The van der Waals surface area contributed by atoms with Gasteiger partial charge in [-0.15, -0.1) is 0 Å². The third-order valence-electron chi connectivity index (χ3n) is 5.83. The number of ketones is 1. The number of anilines is 2. The van der Waals surface area contributed by atoms with Crippen LogP contribution in [0, 0.1) is 0 Å². The van der Waals surface area contributed by atoms with E-state index in [0.717, 1.165) is 11.5 Å². The first-order valence-electron chi connectivity index (χ1n) is 10.1. The molecular weight excluding hydrogens is 416 g/mol. The third-order valence-corrected chi connectivity index (χ3v) is 5.83. The van der Waals surface area contributed by atoms with Crippen molar-refractivity contribution < 1.29 is 28.1 Å². The molecule has 0 saturated carbocycles. The molecule has 0 saturated heterocycles. The van der Waals surface area contributed by atoms with Crippen LogP contribution in [0.1, 0.15) is 36.1 Å². The number of nitrogens with one attached hydrogen (secondary N) is 2. The van der Waals surface area contributed by atoms with Crippen molar-refractivity contribution in [3.05, 3.63) is 53.1 Å². The van der Waals surface area contributed by atoms with E-state index in [2.05, 4.69) is 20.9 Å². The predicted molar refractivity (Wildman–Crippen MR) is 113 cm³/mol. The molecule has 2 aromatic heterocycles. The monoisotopic (exact) mass is 438 g/mol. The van der Waals surface area contributed by atoms with Crippen molar-refractivity contribution in [3.8, 4) is 17.2 Å². The van der Waals surface area contributed by atoms with Crippen molar-refractivity contribution in [2.24, 2.45) is 0 Å². The number of hydrogen-bond acceptors (Lipinski definition) is 10. The van der Waals surface area contributed by atoms with Gasteiger partial charge in [0, 0.05) is 29.2 Å². The standard InChI is InChI=1S/C22H22N4O6/c1-28-16-7-6-12(19(29-2)20(16)30-3)18-17-13(23-21-22(24-18)26-32-25-21)9-11(10-14(17)27)15-5-4-8-31-15/h4-8,11,18H,9-10H2,1-3H3,(H,23,25)(H,24,26)/t11-,18-/m0/s1. The van der Waals surface area contributed by atoms with Gasteiger partial charge in [-0.1, -0.05) is 0 Å². The van der Waals surface area contributed by atoms with Crippen molar-refractivity contribution in [2.75, 3.05) is 32.0 Å². The number of hydrogen-bond donors (Lipinski definition) is 2. The molecule has 10 heteroatoms. The van der Waals surface area contributed by atoms with Crippen molar-refractivity contribution in [1.82, 2.24) is 10.3 Å². The number of allylic oxidation sites excluding steroid dienone is 1. The smallest absolute Gasteiger partial charge is 0.219 e. The maximum absolute atomic E-state index is 13.5. The van der Waals surface area contributed by atoms with E-state index >= 15 is 0 Å². The molecular formula is C22H22N4O6. The Morgan fingerprint density at radius 3 is 2.53 bits per heavy atom. The van der Waals surface area contributed by atoms with E-state index < -0.39 is 6.04 Å². The summed E-state index contributed by atoms with van der Waals surface area (Å²) < 4.78 is 27.2. The Balaban J connectivity index is 1.66. The van der Waals surface area contributed by atoms with E-state index in [-0.39, 0.29) is 11.7 Å². The van der Waals surface area contributed by atoms with Crippen LogP contribution in [0.15, 0.2) is 50.8 Å². The van der Waals surface area contributed by atoms with Crippen molar-refractivity contribution >= 4 is 17.4 Å². The van der Waals surface area contributed by atoms with Gasteiger partial charge in [-0.25, -0.2) is 4.63 Å². The zero-order chi connectivity index (χ0) is 22.2. The summed E-state index contributed by atoms with van der Waals surface area (Å²) in [6, 6.07) is 6.74. The number of furan rings is 1. The Morgan fingerprint density at radius 1 is 1.00 bits per heavy atom. The van der Waals surface area contributed by atoms with Crippen LogP contribution >= 0.6 is 0 Å². The van der Waals surface area contributed by atoms with Crippen LogP contribution in [0.4, 0.5) is 11.6 Å². The molecule has 3 heterocycles. The Labute approximate surface area is 183 Å². The Bertz CT molecular complexity index is 1180. The molecule has 10 nitrogen and oxygen atoms in total. The fourth-order valence-electron chi connectivity index (χ4n) is 4.41. The van der Waals surface area contributed by atoms with Gasteiger partial charge in [0.1, 0.15) is 5.76 Å². The largest absolute Gasteiger partial charge is 0.493 e. The second-order valence-corrected chi connectivity index (χ2v) is 7.52. The van der Waals surface area contributed by atoms with Crippen LogP contribution in [0.2, 0.25) is 0 Å². The molecule has 0 radical (unpaired) electrons. The van der Waals surface area contributed by atoms with Crippen LogP contribution < -0.4 is 24.8 Å². The molecule has 0 bridgehead atoms. The molecule has 0 amide bonds. The van der Waals surface area contributed by atoms with Gasteiger partial charge in [0.2, 0.25) is 17.4 Å². The normalized spacial score (nSPS) is 19.9. The van der Waals surface area contributed by atoms with E-state index in [4.69, 9.17) is 23.3 Å². The number of methoxy groups -OCH3 is 3. The van der Waals surface area contributed by atoms with Gasteiger partial charge < -0.3 is 29.3 Å². The van der Waals surface area contributed by atoms with Crippen LogP contribution in [0.25, 0.3) is 0 Å². The fourth-order valence-corrected chi connectivity index (χ4v) is 4.41. The molecule has 3 aromatic rings. The first-order chi connectivity index (χ1) is 15.6. The Morgan fingerprint density at radius 2 is 1.81 bits per heavy atom. The molecule has 0 spiro atoms. The van der Waals surface area contributed by atoms with Crippen molar-refractivity contribution in [1.29, 1.82) is 0 Å². The number of aromatic nitrogens is 2. The molecule has 2 N–H and O–H groups in total. The van der Waals surface area contributed by atoms with Gasteiger partial charge in [0.15, 0.2) is 17.3 Å². The summed E-state index contributed by atoms with van der Waals surface area (Å²) in [7, 11) is 4.64. The maximum atomic E-state index is 13.5. The predicted octanol–water partition coefficient (Wildman–Crippen LogP) is 3.67. The summed E-state index contributed by atoms with van der Waals surface area (Å²) in [5, 5.41) is 14.4. The summed E-state index contributed by atoms with van der Waals surface area (Å²) >= 11 is 0. The first kappa shape index (κ1) is 20.0. The topological polar surface area (TPSA) is 121 Å². The molecule has 1 aliphatic heterocycles. The number of carbonyl (C=O) groups is 1. The molecule has 2 atom stereocenters. The van der Waals surface area contributed by atoms with Gasteiger partial charge in [-0.05, 0) is 41.0 Å². The van der Waals surface area contributed by atoms with Crippen molar-refractivity contribution in [3.63, 3.8) is 0 Å². The first-order valence-corrected chi connectivity index (χ1v) is 10.1. The lowest BCUT2D eigenvalue weighted by Gasteiger charge is -2.29. The number of carbonyl (C=O) groups excluding carboxylic acids is 1. The van der Waals surface area contributed by atoms with E-state index in [1.807, 2.05) is 18.2 Å². The molecule has 1 aliphatic carbocycles. The van der Waals surface area contributed by atoms with Crippen LogP contribution in [-0.4, -0.2) is 37.4 Å². The summed E-state index contributed by atoms with van der Waals surface area (Å²) in [4.78, 5) is 13.5. The number of ether oxygens (including phenoxy) is 3.